The summed E-state index contributed by atoms with van der Waals surface area (Å²) in [5.74, 6) is -3.03. The number of nitrogens with zero attached hydrogens (tertiary/aromatic N) is 3. The third-order valence-electron chi connectivity index (χ3n) is 8.42. The molecule has 3 heterocycles. The number of hydrogen-bond donors (Lipinski definition) is 2. The summed E-state index contributed by atoms with van der Waals surface area (Å²) in [7, 11) is 0.911. The summed E-state index contributed by atoms with van der Waals surface area (Å²) >= 11 is 0. The van der Waals surface area contributed by atoms with Crippen molar-refractivity contribution < 1.29 is 32.9 Å². The summed E-state index contributed by atoms with van der Waals surface area (Å²) in [5, 5.41) is 12.7. The van der Waals surface area contributed by atoms with Crippen molar-refractivity contribution in [3.05, 3.63) is 99.0 Å². The lowest BCUT2D eigenvalue weighted by Crippen LogP contribution is -2.64. The van der Waals surface area contributed by atoms with E-state index in [0.717, 1.165) is 11.6 Å². The summed E-state index contributed by atoms with van der Waals surface area (Å²) < 4.78 is 40.5. The van der Waals surface area contributed by atoms with Gasteiger partial charge in [-0.3, -0.25) is 14.4 Å². The van der Waals surface area contributed by atoms with E-state index in [4.69, 9.17) is 9.47 Å². The lowest BCUT2D eigenvalue weighted by Gasteiger charge is -2.52. The van der Waals surface area contributed by atoms with Crippen LogP contribution in [0.1, 0.15) is 44.8 Å². The first-order valence-electron chi connectivity index (χ1n) is 14.5. The lowest BCUT2D eigenvalue weighted by atomic mass is 9.76. The molecular weight excluding hydrogens is 573 g/mol. The van der Waals surface area contributed by atoms with Crippen LogP contribution >= 0.6 is 0 Å². The van der Waals surface area contributed by atoms with Crippen LogP contribution in [0.15, 0.2) is 59.5 Å². The minimum Gasteiger partial charge on any atom is -0.483 e. The van der Waals surface area contributed by atoms with Gasteiger partial charge in [0.2, 0.25) is 5.43 Å². The summed E-state index contributed by atoms with van der Waals surface area (Å²) in [5.41, 5.74) is -0.866. The third-order valence-corrected chi connectivity index (χ3v) is 8.42. The number of nitrogens with one attached hydrogen (secondary N) is 1. The molecule has 0 aliphatic carbocycles. The minimum absolute atomic E-state index is 0.0191. The number of amides is 2. The fourth-order valence-electron chi connectivity index (χ4n) is 5.95. The van der Waals surface area contributed by atoms with Crippen LogP contribution in [0.2, 0.25) is 6.82 Å². The predicted molar refractivity (Wildman–Crippen MR) is 159 cm³/mol. The molecule has 5 rings (SSSR count). The second-order valence-corrected chi connectivity index (χ2v) is 11.2. The van der Waals surface area contributed by atoms with Crippen molar-refractivity contribution in [2.45, 2.75) is 44.9 Å². The summed E-state index contributed by atoms with van der Waals surface area (Å²) in [4.78, 5) is 45.1. The lowest BCUT2D eigenvalue weighted by molar-refractivity contribution is -0.00251. The van der Waals surface area contributed by atoms with Crippen LogP contribution in [0.25, 0.3) is 0 Å². The Kier molecular flexibility index (Phi) is 9.47. The number of halogens is 2. The largest absolute Gasteiger partial charge is 0.483 e. The number of carbonyl (C=O) groups excluding carboxylic acids is 2. The third kappa shape index (κ3) is 6.40. The highest BCUT2D eigenvalue weighted by atomic mass is 19.1. The molecule has 0 bridgehead atoms. The van der Waals surface area contributed by atoms with Crippen molar-refractivity contribution in [3.63, 3.8) is 0 Å². The Hall–Kier alpha value is -4.07. The van der Waals surface area contributed by atoms with E-state index >= 15 is 0 Å². The van der Waals surface area contributed by atoms with Crippen LogP contribution in [0.4, 0.5) is 8.78 Å². The Morgan fingerprint density at radius 1 is 1.11 bits per heavy atom. The average molecular weight is 608 g/mol. The maximum atomic E-state index is 14.2. The molecule has 0 saturated carbocycles. The number of piperidine rings is 1. The van der Waals surface area contributed by atoms with Gasteiger partial charge in [0, 0.05) is 44.6 Å². The summed E-state index contributed by atoms with van der Waals surface area (Å²) in [6.45, 7) is 3.31. The van der Waals surface area contributed by atoms with Gasteiger partial charge in [-0.25, -0.2) is 8.78 Å². The van der Waals surface area contributed by atoms with Crippen molar-refractivity contribution in [3.8, 4) is 5.75 Å². The molecule has 3 aromatic rings. The van der Waals surface area contributed by atoms with Crippen LogP contribution in [-0.2, 0) is 24.4 Å². The molecule has 1 fully saturated rings. The Labute approximate surface area is 254 Å². The summed E-state index contributed by atoms with van der Waals surface area (Å²) in [6.07, 6.45) is 2.45. The Bertz CT molecular complexity index is 1580. The molecular formula is C31H35BF2N4O6. The van der Waals surface area contributed by atoms with Crippen LogP contribution in [0.5, 0.6) is 5.75 Å². The molecule has 1 spiro atoms. The van der Waals surface area contributed by atoms with Gasteiger partial charge < -0.3 is 34.1 Å². The van der Waals surface area contributed by atoms with Crippen molar-refractivity contribution in [2.75, 3.05) is 33.4 Å². The molecule has 2 aliphatic heterocycles. The van der Waals surface area contributed by atoms with Gasteiger partial charge in [-0.05, 0) is 44.4 Å². The van der Waals surface area contributed by atoms with Crippen LogP contribution in [0.3, 0.4) is 0 Å². The van der Waals surface area contributed by atoms with E-state index in [2.05, 4.69) is 5.32 Å². The zero-order valence-corrected chi connectivity index (χ0v) is 24.7. The van der Waals surface area contributed by atoms with Crippen LogP contribution in [0, 0.1) is 11.6 Å². The summed E-state index contributed by atoms with van der Waals surface area (Å²) in [6, 6.07) is 12.1. The molecule has 0 radical (unpaired) electrons. The number of pyridine rings is 1. The SMILES string of the molecule is COCCN1C(=O)c2c(OCc3ccccc3)c(=O)c(C(=O)NCc3ccc(F)cc3F)cn2CC12CCN(B(C)O)CC2. The molecule has 1 saturated heterocycles. The van der Waals surface area contributed by atoms with Gasteiger partial charge in [-0.1, -0.05) is 36.4 Å². The molecule has 10 nitrogen and oxygen atoms in total. The second-order valence-electron chi connectivity index (χ2n) is 11.2. The minimum atomic E-state index is -0.827. The van der Waals surface area contributed by atoms with E-state index in [-0.39, 0.29) is 55.4 Å². The van der Waals surface area contributed by atoms with Gasteiger partial charge in [0.05, 0.1) is 12.1 Å². The van der Waals surface area contributed by atoms with E-state index < -0.39 is 41.5 Å². The highest BCUT2D eigenvalue weighted by Crippen LogP contribution is 2.38. The molecule has 2 N–H and O–H groups in total. The Morgan fingerprint density at radius 3 is 2.50 bits per heavy atom. The molecule has 232 valence electrons. The van der Waals surface area contributed by atoms with Gasteiger partial charge in [-0.2, -0.15) is 0 Å². The van der Waals surface area contributed by atoms with Crippen molar-refractivity contribution in [1.29, 1.82) is 0 Å². The van der Waals surface area contributed by atoms with E-state index in [9.17, 15) is 28.2 Å². The first kappa shape index (κ1) is 31.4. The number of ether oxygens (including phenoxy) is 2. The van der Waals surface area contributed by atoms with Gasteiger partial charge >= 0.3 is 7.05 Å². The quantitative estimate of drug-likeness (QED) is 0.341. The number of benzene rings is 2. The highest BCUT2D eigenvalue weighted by Gasteiger charge is 2.48. The van der Waals surface area contributed by atoms with Crippen molar-refractivity contribution in [1.82, 2.24) is 19.6 Å². The molecule has 44 heavy (non-hydrogen) atoms. The van der Waals surface area contributed by atoms with Gasteiger partial charge in [0.25, 0.3) is 11.8 Å². The molecule has 0 unspecified atom stereocenters. The normalized spacial score (nSPS) is 16.1. The van der Waals surface area contributed by atoms with Gasteiger partial charge in [-0.15, -0.1) is 0 Å². The van der Waals surface area contributed by atoms with Gasteiger partial charge in [0.1, 0.15) is 23.8 Å². The molecule has 13 heteroatoms. The number of fused-ring (bicyclic) bond motifs is 1. The predicted octanol–water partition coefficient (Wildman–Crippen LogP) is 2.68. The maximum absolute atomic E-state index is 14.2. The van der Waals surface area contributed by atoms with Crippen molar-refractivity contribution >= 4 is 18.9 Å². The first-order chi connectivity index (χ1) is 21.1. The van der Waals surface area contributed by atoms with Gasteiger partial charge in [0.15, 0.2) is 11.4 Å². The van der Waals surface area contributed by atoms with Crippen molar-refractivity contribution in [2.24, 2.45) is 0 Å². The zero-order valence-electron chi connectivity index (χ0n) is 24.7. The number of methoxy groups -OCH3 is 1. The van der Waals surface area contributed by atoms with Crippen LogP contribution in [-0.4, -0.2) is 77.1 Å². The number of rotatable bonds is 10. The molecule has 1 aromatic heterocycles. The fourth-order valence-corrected chi connectivity index (χ4v) is 5.95. The van der Waals surface area contributed by atoms with Crippen LogP contribution < -0.4 is 15.5 Å². The number of carbonyl (C=O) groups is 2. The number of aromatic nitrogens is 1. The Morgan fingerprint density at radius 2 is 1.84 bits per heavy atom. The molecule has 0 atom stereocenters. The smallest absolute Gasteiger partial charge is 0.376 e. The topological polar surface area (TPSA) is 113 Å². The maximum Gasteiger partial charge on any atom is 0.376 e. The fraction of sp³-hybridized carbons (Fsp3) is 0.387. The zero-order chi connectivity index (χ0) is 31.4. The van der Waals surface area contributed by atoms with E-state index in [0.29, 0.717) is 32.0 Å². The van der Waals surface area contributed by atoms with E-state index in [1.807, 2.05) is 35.1 Å². The van der Waals surface area contributed by atoms with E-state index in [1.54, 1.807) is 23.4 Å². The Balaban J connectivity index is 1.54. The molecule has 2 amide bonds. The standard InChI is InChI=1S/C31H35BF2N4O6/c1-32(42)37-12-10-31(11-13-37)20-36-18-24(29(40)35-17-22-8-9-23(33)16-25(22)34)27(39)28(44-19-21-6-4-3-5-7-21)26(36)30(41)38(31)14-15-43-2/h3-9,16,18,42H,10-15,17,19-20H2,1-2H3,(H,35,40). The average Bonchev–Trinajstić information content (AvgIpc) is 3.00. The molecule has 2 aliphatic rings. The monoisotopic (exact) mass is 608 g/mol. The number of hydrogen-bond acceptors (Lipinski definition) is 7. The first-order valence-corrected chi connectivity index (χ1v) is 14.5. The molecule has 2 aromatic carbocycles. The highest BCUT2D eigenvalue weighted by molar-refractivity contribution is 6.45. The second kappa shape index (κ2) is 13.3. The van der Waals surface area contributed by atoms with E-state index in [1.165, 1.54) is 12.3 Å².